The number of piperidine rings is 1. The highest BCUT2D eigenvalue weighted by atomic mass is 32.1. The number of carbonyl (C=O) groups excluding carboxylic acids is 1. The Bertz CT molecular complexity index is 1050. The van der Waals surface area contributed by atoms with E-state index in [9.17, 15) is 9.18 Å². The van der Waals surface area contributed by atoms with Gasteiger partial charge in [-0.05, 0) is 25.0 Å². The molecule has 10 heteroatoms. The molecule has 2 aromatic heterocycles. The number of rotatable bonds is 4. The van der Waals surface area contributed by atoms with Gasteiger partial charge in [-0.3, -0.25) is 9.48 Å². The Labute approximate surface area is 171 Å². The van der Waals surface area contributed by atoms with Crippen molar-refractivity contribution in [1.82, 2.24) is 14.8 Å². The molecule has 0 spiro atoms. The van der Waals surface area contributed by atoms with Crippen molar-refractivity contribution in [3.63, 3.8) is 0 Å². The summed E-state index contributed by atoms with van der Waals surface area (Å²) in [5, 5.41) is 7.71. The molecule has 1 atom stereocenters. The van der Waals surface area contributed by atoms with Gasteiger partial charge < -0.3 is 21.7 Å². The van der Waals surface area contributed by atoms with Crippen molar-refractivity contribution in [2.75, 3.05) is 29.0 Å². The largest absolute Gasteiger partial charge is 0.389 e. The van der Waals surface area contributed by atoms with Crippen LogP contribution in [0.3, 0.4) is 0 Å². The second kappa shape index (κ2) is 7.80. The summed E-state index contributed by atoms with van der Waals surface area (Å²) >= 11 is 1.08. The predicted molar refractivity (Wildman–Crippen MR) is 113 cm³/mol. The van der Waals surface area contributed by atoms with Crippen LogP contribution in [0.4, 0.5) is 20.9 Å². The number of nitrogens with one attached hydrogen (secondary N) is 1. The normalized spacial score (nSPS) is 16.8. The van der Waals surface area contributed by atoms with Gasteiger partial charge >= 0.3 is 0 Å². The maximum absolute atomic E-state index is 14.1. The van der Waals surface area contributed by atoms with Gasteiger partial charge in [0.2, 0.25) is 0 Å². The number of thiazole rings is 1. The van der Waals surface area contributed by atoms with Crippen molar-refractivity contribution in [3.8, 4) is 10.6 Å². The van der Waals surface area contributed by atoms with E-state index < -0.39 is 11.7 Å². The minimum atomic E-state index is -0.461. The van der Waals surface area contributed by atoms with Crippen LogP contribution in [0.5, 0.6) is 0 Å². The number of hydrogen-bond donors (Lipinski definition) is 3. The number of nitrogen functional groups attached to an aromatic ring is 1. The van der Waals surface area contributed by atoms with E-state index in [4.69, 9.17) is 11.5 Å². The third kappa shape index (κ3) is 3.81. The van der Waals surface area contributed by atoms with Gasteiger partial charge in [-0.2, -0.15) is 5.10 Å². The summed E-state index contributed by atoms with van der Waals surface area (Å²) in [7, 11) is 1.82. The SMILES string of the molecule is Cn1ncc(NC(=O)c2nc(-c3ccccc3F)sc2N)c1N1CCCC(N)C1. The number of carbonyl (C=O) groups is 1. The monoisotopic (exact) mass is 415 g/mol. The number of nitrogens with zero attached hydrogens (tertiary/aromatic N) is 4. The van der Waals surface area contributed by atoms with E-state index >= 15 is 0 Å². The molecule has 0 bridgehead atoms. The third-order valence-corrected chi connectivity index (χ3v) is 5.80. The van der Waals surface area contributed by atoms with E-state index in [1.807, 2.05) is 7.05 Å². The molecule has 0 radical (unpaired) electrons. The summed E-state index contributed by atoms with van der Waals surface area (Å²) < 4.78 is 15.8. The summed E-state index contributed by atoms with van der Waals surface area (Å²) in [6, 6.07) is 6.34. The number of aromatic nitrogens is 3. The first-order valence-electron chi connectivity index (χ1n) is 9.29. The van der Waals surface area contributed by atoms with Crippen LogP contribution in [-0.2, 0) is 7.05 Å². The Morgan fingerprint density at radius 3 is 2.93 bits per heavy atom. The number of aryl methyl sites for hydroxylation is 1. The first-order chi connectivity index (χ1) is 13.9. The van der Waals surface area contributed by atoms with E-state index in [2.05, 4.69) is 20.3 Å². The first-order valence-corrected chi connectivity index (χ1v) is 10.1. The summed E-state index contributed by atoms with van der Waals surface area (Å²) in [5.74, 6) is -0.0854. The number of halogens is 1. The molecular weight excluding hydrogens is 393 g/mol. The molecule has 29 heavy (non-hydrogen) atoms. The molecule has 1 unspecified atom stereocenters. The fraction of sp³-hybridized carbons (Fsp3) is 0.316. The minimum Gasteiger partial charge on any atom is -0.389 e. The van der Waals surface area contributed by atoms with Crippen molar-refractivity contribution in [2.45, 2.75) is 18.9 Å². The zero-order valence-corrected chi connectivity index (χ0v) is 16.7. The topological polar surface area (TPSA) is 115 Å². The molecule has 1 fully saturated rings. The Morgan fingerprint density at radius 1 is 1.38 bits per heavy atom. The van der Waals surface area contributed by atoms with Crippen LogP contribution in [0.15, 0.2) is 30.5 Å². The molecule has 3 aromatic rings. The van der Waals surface area contributed by atoms with E-state index in [1.165, 1.54) is 6.07 Å². The zero-order valence-electron chi connectivity index (χ0n) is 15.9. The number of anilines is 3. The lowest BCUT2D eigenvalue weighted by Crippen LogP contribution is -2.43. The fourth-order valence-electron chi connectivity index (χ4n) is 3.52. The van der Waals surface area contributed by atoms with Crippen LogP contribution in [0.2, 0.25) is 0 Å². The van der Waals surface area contributed by atoms with Gasteiger partial charge in [0.05, 0.1) is 6.20 Å². The van der Waals surface area contributed by atoms with Gasteiger partial charge in [-0.15, -0.1) is 0 Å². The van der Waals surface area contributed by atoms with Gasteiger partial charge in [0.25, 0.3) is 5.91 Å². The lowest BCUT2D eigenvalue weighted by Gasteiger charge is -2.32. The number of hydrogen-bond acceptors (Lipinski definition) is 7. The van der Waals surface area contributed by atoms with Crippen LogP contribution in [-0.4, -0.2) is 39.8 Å². The molecule has 4 rings (SSSR count). The molecular formula is C19H22FN7OS. The van der Waals surface area contributed by atoms with Gasteiger partial charge in [0.1, 0.15) is 21.5 Å². The highest BCUT2D eigenvalue weighted by Gasteiger charge is 2.25. The number of benzene rings is 1. The summed E-state index contributed by atoms with van der Waals surface area (Å²) in [6.07, 6.45) is 3.54. The molecule has 1 aromatic carbocycles. The average Bonchev–Trinajstić information content (AvgIpc) is 3.25. The van der Waals surface area contributed by atoms with Gasteiger partial charge in [-0.25, -0.2) is 9.37 Å². The molecule has 1 aliphatic rings. The molecule has 1 saturated heterocycles. The van der Waals surface area contributed by atoms with Crippen molar-refractivity contribution < 1.29 is 9.18 Å². The van der Waals surface area contributed by atoms with Crippen molar-refractivity contribution in [1.29, 1.82) is 0 Å². The molecule has 1 amide bonds. The van der Waals surface area contributed by atoms with Crippen LogP contribution >= 0.6 is 11.3 Å². The van der Waals surface area contributed by atoms with Crippen LogP contribution in [0.25, 0.3) is 10.6 Å². The lowest BCUT2D eigenvalue weighted by molar-refractivity contribution is 0.102. The van der Waals surface area contributed by atoms with Crippen LogP contribution in [0, 0.1) is 5.82 Å². The average molecular weight is 415 g/mol. The molecule has 152 valence electrons. The van der Waals surface area contributed by atoms with E-state index in [0.29, 0.717) is 22.8 Å². The van der Waals surface area contributed by atoms with E-state index in [0.717, 1.165) is 36.5 Å². The van der Waals surface area contributed by atoms with Crippen molar-refractivity contribution in [2.24, 2.45) is 12.8 Å². The highest BCUT2D eigenvalue weighted by Crippen LogP contribution is 2.33. The zero-order chi connectivity index (χ0) is 20.5. The number of amides is 1. The van der Waals surface area contributed by atoms with Gasteiger partial charge in [-0.1, -0.05) is 23.5 Å². The second-order valence-electron chi connectivity index (χ2n) is 7.02. The van der Waals surface area contributed by atoms with Crippen LogP contribution in [0.1, 0.15) is 23.3 Å². The van der Waals surface area contributed by atoms with Crippen molar-refractivity contribution in [3.05, 3.63) is 42.0 Å². The minimum absolute atomic E-state index is 0.0680. The standard InChI is InChI=1S/C19H22FN7OS/c1-26-19(27-8-4-5-11(21)10-27)14(9-23-26)24-17(28)15-16(22)29-18(25-15)12-6-2-3-7-13(12)20/h2-3,6-7,9,11H,4-5,8,10,21-22H2,1H3,(H,24,28). The van der Waals surface area contributed by atoms with E-state index in [-0.39, 0.29) is 16.7 Å². The molecule has 8 nitrogen and oxygen atoms in total. The summed E-state index contributed by atoms with van der Waals surface area (Å²) in [5.41, 5.74) is 13.1. The maximum atomic E-state index is 14.1. The second-order valence-corrected chi connectivity index (χ2v) is 8.05. The highest BCUT2D eigenvalue weighted by molar-refractivity contribution is 7.19. The fourth-order valence-corrected chi connectivity index (χ4v) is 4.38. The Balaban J connectivity index is 1.59. The molecule has 3 heterocycles. The molecule has 0 saturated carbocycles. The Hall–Kier alpha value is -2.98. The number of nitrogens with two attached hydrogens (primary N) is 2. The Morgan fingerprint density at radius 2 is 2.17 bits per heavy atom. The third-order valence-electron chi connectivity index (χ3n) is 4.89. The molecule has 0 aliphatic carbocycles. The van der Waals surface area contributed by atoms with Crippen molar-refractivity contribution >= 4 is 33.8 Å². The van der Waals surface area contributed by atoms with E-state index in [1.54, 1.807) is 29.1 Å². The molecule has 1 aliphatic heterocycles. The Kier molecular flexibility index (Phi) is 5.20. The lowest BCUT2D eigenvalue weighted by atomic mass is 10.1. The smallest absolute Gasteiger partial charge is 0.277 e. The van der Waals surface area contributed by atoms with Gasteiger partial charge in [0.15, 0.2) is 11.5 Å². The van der Waals surface area contributed by atoms with Crippen LogP contribution < -0.4 is 21.7 Å². The molecule has 5 N–H and O–H groups in total. The summed E-state index contributed by atoms with van der Waals surface area (Å²) in [4.78, 5) is 19.2. The summed E-state index contributed by atoms with van der Waals surface area (Å²) in [6.45, 7) is 1.53. The predicted octanol–water partition coefficient (Wildman–Crippen LogP) is 2.44. The maximum Gasteiger partial charge on any atom is 0.277 e. The van der Waals surface area contributed by atoms with Gasteiger partial charge in [0, 0.05) is 31.7 Å². The quantitative estimate of drug-likeness (QED) is 0.603. The first kappa shape index (κ1) is 19.3.